The molecule has 1 aliphatic rings. The van der Waals surface area contributed by atoms with Crippen LogP contribution in [-0.4, -0.2) is 17.6 Å². The molecule has 15 heavy (non-hydrogen) atoms. The van der Waals surface area contributed by atoms with Crippen molar-refractivity contribution in [2.24, 2.45) is 5.73 Å². The second-order valence-corrected chi connectivity index (χ2v) is 5.23. The number of nitrogens with one attached hydrogen (secondary N) is 1. The van der Waals surface area contributed by atoms with E-state index in [1.54, 1.807) is 0 Å². The molecule has 2 heteroatoms. The minimum absolute atomic E-state index is 0.175. The summed E-state index contributed by atoms with van der Waals surface area (Å²) < 4.78 is 0. The zero-order valence-electron chi connectivity index (χ0n) is 10.7. The fourth-order valence-electron chi connectivity index (χ4n) is 2.58. The lowest BCUT2D eigenvalue weighted by Crippen LogP contribution is -2.51. The molecule has 0 saturated heterocycles. The summed E-state index contributed by atoms with van der Waals surface area (Å²) >= 11 is 0. The van der Waals surface area contributed by atoms with E-state index in [0.717, 1.165) is 13.0 Å². The average molecular weight is 212 g/mol. The molecule has 0 unspecified atom stereocenters. The van der Waals surface area contributed by atoms with Crippen LogP contribution in [0.1, 0.15) is 65.7 Å². The van der Waals surface area contributed by atoms with Gasteiger partial charge in [0.25, 0.3) is 0 Å². The molecule has 0 bridgehead atoms. The zero-order chi connectivity index (χ0) is 11.4. The minimum atomic E-state index is 0.175. The molecule has 0 aromatic carbocycles. The van der Waals surface area contributed by atoms with E-state index >= 15 is 0 Å². The highest BCUT2D eigenvalue weighted by atomic mass is 15.0. The third-order valence-electron chi connectivity index (χ3n) is 4.50. The van der Waals surface area contributed by atoms with Crippen molar-refractivity contribution in [3.05, 3.63) is 0 Å². The van der Waals surface area contributed by atoms with E-state index in [9.17, 15) is 0 Å². The highest BCUT2D eigenvalue weighted by molar-refractivity contribution is 4.94. The van der Waals surface area contributed by atoms with E-state index in [1.807, 2.05) is 0 Å². The van der Waals surface area contributed by atoms with Crippen LogP contribution in [0.5, 0.6) is 0 Å². The van der Waals surface area contributed by atoms with E-state index in [-0.39, 0.29) is 5.54 Å². The van der Waals surface area contributed by atoms with Crippen LogP contribution in [0.2, 0.25) is 0 Å². The first kappa shape index (κ1) is 13.0. The van der Waals surface area contributed by atoms with E-state index in [4.69, 9.17) is 5.73 Å². The van der Waals surface area contributed by atoms with Crippen molar-refractivity contribution in [3.63, 3.8) is 0 Å². The summed E-state index contributed by atoms with van der Waals surface area (Å²) in [6.45, 7) is 7.93. The van der Waals surface area contributed by atoms with Gasteiger partial charge in [0, 0.05) is 11.1 Å². The van der Waals surface area contributed by atoms with Gasteiger partial charge in [-0.2, -0.15) is 0 Å². The Balaban J connectivity index is 2.27. The molecule has 1 fully saturated rings. The van der Waals surface area contributed by atoms with Gasteiger partial charge in [0.05, 0.1) is 0 Å². The van der Waals surface area contributed by atoms with E-state index < -0.39 is 0 Å². The maximum absolute atomic E-state index is 6.22. The lowest BCUT2D eigenvalue weighted by atomic mass is 9.75. The Hall–Kier alpha value is -0.0800. The highest BCUT2D eigenvalue weighted by Gasteiger charge is 2.32. The molecule has 0 aromatic rings. The van der Waals surface area contributed by atoms with E-state index in [2.05, 4.69) is 26.1 Å². The van der Waals surface area contributed by atoms with Gasteiger partial charge in [-0.3, -0.25) is 0 Å². The topological polar surface area (TPSA) is 38.0 Å². The SMILES string of the molecule is CCC(CC)(CC)NCCC1(N)CCC1. The molecule has 0 heterocycles. The quantitative estimate of drug-likeness (QED) is 0.681. The zero-order valence-corrected chi connectivity index (χ0v) is 10.7. The van der Waals surface area contributed by atoms with Gasteiger partial charge in [-0.05, 0) is 51.5 Å². The van der Waals surface area contributed by atoms with Gasteiger partial charge in [0.2, 0.25) is 0 Å². The Kier molecular flexibility index (Phi) is 4.60. The predicted molar refractivity (Wildman–Crippen MR) is 67.0 cm³/mol. The molecule has 0 spiro atoms. The van der Waals surface area contributed by atoms with Crippen molar-refractivity contribution < 1.29 is 0 Å². The molecule has 3 N–H and O–H groups in total. The Labute approximate surface area is 95.0 Å². The van der Waals surface area contributed by atoms with Gasteiger partial charge in [0.15, 0.2) is 0 Å². The Bertz CT molecular complexity index is 173. The summed E-state index contributed by atoms with van der Waals surface area (Å²) in [5, 5.41) is 3.73. The van der Waals surface area contributed by atoms with Crippen molar-refractivity contribution >= 4 is 0 Å². The second-order valence-electron chi connectivity index (χ2n) is 5.23. The average Bonchev–Trinajstić information content (AvgIpc) is 2.23. The predicted octanol–water partition coefficient (Wildman–Crippen LogP) is 2.82. The molecule has 0 radical (unpaired) electrons. The number of nitrogens with two attached hydrogens (primary N) is 1. The fraction of sp³-hybridized carbons (Fsp3) is 1.00. The first-order valence-electron chi connectivity index (χ1n) is 6.63. The van der Waals surface area contributed by atoms with Gasteiger partial charge in [0.1, 0.15) is 0 Å². The first-order valence-corrected chi connectivity index (χ1v) is 6.63. The molecule has 2 nitrogen and oxygen atoms in total. The van der Waals surface area contributed by atoms with Crippen molar-refractivity contribution in [3.8, 4) is 0 Å². The van der Waals surface area contributed by atoms with Crippen LogP contribution in [-0.2, 0) is 0 Å². The van der Waals surface area contributed by atoms with Crippen molar-refractivity contribution in [1.29, 1.82) is 0 Å². The standard InChI is InChI=1S/C13H28N2/c1-4-13(5-2,6-3)15-11-10-12(14)8-7-9-12/h15H,4-11,14H2,1-3H3. The molecule has 0 aliphatic heterocycles. The smallest absolute Gasteiger partial charge is 0.0173 e. The third-order valence-corrected chi connectivity index (χ3v) is 4.50. The monoisotopic (exact) mass is 212 g/mol. The summed E-state index contributed by atoms with van der Waals surface area (Å²) in [6, 6.07) is 0. The minimum Gasteiger partial charge on any atom is -0.325 e. The van der Waals surface area contributed by atoms with Crippen molar-refractivity contribution in [2.75, 3.05) is 6.54 Å². The highest BCUT2D eigenvalue weighted by Crippen LogP contribution is 2.32. The van der Waals surface area contributed by atoms with Crippen LogP contribution < -0.4 is 11.1 Å². The van der Waals surface area contributed by atoms with Gasteiger partial charge in [-0.15, -0.1) is 0 Å². The third kappa shape index (κ3) is 3.18. The van der Waals surface area contributed by atoms with Crippen LogP contribution in [0.25, 0.3) is 0 Å². The van der Waals surface area contributed by atoms with Crippen molar-refractivity contribution in [1.82, 2.24) is 5.32 Å². The molecule has 1 aliphatic carbocycles. The summed E-state index contributed by atoms with van der Waals surface area (Å²) in [5.74, 6) is 0. The fourth-order valence-corrected chi connectivity index (χ4v) is 2.58. The lowest BCUT2D eigenvalue weighted by molar-refractivity contribution is 0.209. The molecule has 0 amide bonds. The molecular weight excluding hydrogens is 184 g/mol. The number of hydrogen-bond acceptors (Lipinski definition) is 2. The molecule has 0 atom stereocenters. The second kappa shape index (κ2) is 5.31. The van der Waals surface area contributed by atoms with Gasteiger partial charge in [-0.1, -0.05) is 20.8 Å². The summed E-state index contributed by atoms with van der Waals surface area (Å²) in [5.41, 5.74) is 6.75. The summed E-state index contributed by atoms with van der Waals surface area (Å²) in [6.07, 6.45) is 8.59. The van der Waals surface area contributed by atoms with Crippen LogP contribution >= 0.6 is 0 Å². The lowest BCUT2D eigenvalue weighted by Gasteiger charge is -2.40. The van der Waals surface area contributed by atoms with Crippen LogP contribution in [0.3, 0.4) is 0 Å². The van der Waals surface area contributed by atoms with E-state index in [0.29, 0.717) is 5.54 Å². The van der Waals surface area contributed by atoms with Gasteiger partial charge in [-0.25, -0.2) is 0 Å². The number of rotatable bonds is 7. The maximum atomic E-state index is 6.22. The molecule has 0 aromatic heterocycles. The Morgan fingerprint density at radius 3 is 2.00 bits per heavy atom. The normalized spacial score (nSPS) is 20.0. The maximum Gasteiger partial charge on any atom is 0.0173 e. The van der Waals surface area contributed by atoms with Crippen molar-refractivity contribution in [2.45, 2.75) is 76.8 Å². The van der Waals surface area contributed by atoms with Gasteiger partial charge >= 0.3 is 0 Å². The Morgan fingerprint density at radius 2 is 1.67 bits per heavy atom. The van der Waals surface area contributed by atoms with Gasteiger partial charge < -0.3 is 11.1 Å². The Morgan fingerprint density at radius 1 is 1.13 bits per heavy atom. The largest absolute Gasteiger partial charge is 0.325 e. The molecular formula is C13H28N2. The molecule has 1 saturated carbocycles. The van der Waals surface area contributed by atoms with Crippen LogP contribution in [0.4, 0.5) is 0 Å². The summed E-state index contributed by atoms with van der Waals surface area (Å²) in [4.78, 5) is 0. The van der Waals surface area contributed by atoms with E-state index in [1.165, 1.54) is 38.5 Å². The van der Waals surface area contributed by atoms with Crippen LogP contribution in [0.15, 0.2) is 0 Å². The molecule has 1 rings (SSSR count). The molecule has 90 valence electrons. The summed E-state index contributed by atoms with van der Waals surface area (Å²) in [7, 11) is 0. The van der Waals surface area contributed by atoms with Crippen LogP contribution in [0, 0.1) is 0 Å². The first-order chi connectivity index (χ1) is 7.10. The number of hydrogen-bond donors (Lipinski definition) is 2.